The maximum atomic E-state index is 11.5. The number of hydrogen-bond donors (Lipinski definition) is 1. The normalized spacial score (nSPS) is 11.8. The van der Waals surface area contributed by atoms with E-state index in [-0.39, 0.29) is 4.90 Å². The lowest BCUT2D eigenvalue weighted by Gasteiger charge is -2.04. The summed E-state index contributed by atoms with van der Waals surface area (Å²) in [4.78, 5) is 0.0884. The third-order valence-electron chi connectivity index (χ3n) is 2.58. The molecule has 0 saturated carbocycles. The molecule has 0 radical (unpaired) electrons. The van der Waals surface area contributed by atoms with Gasteiger partial charge in [0.05, 0.1) is 17.1 Å². The number of benzene rings is 1. The lowest BCUT2D eigenvalue weighted by atomic mass is 10.3. The van der Waals surface area contributed by atoms with E-state index in [4.69, 9.17) is 5.14 Å². The Labute approximate surface area is 114 Å². The lowest BCUT2D eigenvalue weighted by molar-refractivity contribution is 0.596. The molecule has 2 rings (SSSR count). The summed E-state index contributed by atoms with van der Waals surface area (Å²) in [5, 5.41) is 9.40. The zero-order valence-electron chi connectivity index (χ0n) is 9.88. The molecule has 7 heteroatoms. The van der Waals surface area contributed by atoms with Crippen LogP contribution < -0.4 is 5.14 Å². The van der Waals surface area contributed by atoms with Crippen molar-refractivity contribution in [1.82, 2.24) is 9.78 Å². The Kier molecular flexibility index (Phi) is 3.31. The van der Waals surface area contributed by atoms with Crippen LogP contribution in [0.15, 0.2) is 33.6 Å². The van der Waals surface area contributed by atoms with E-state index >= 15 is 0 Å². The zero-order chi connectivity index (χ0) is 13.5. The van der Waals surface area contributed by atoms with Gasteiger partial charge in [0, 0.05) is 4.47 Å². The van der Waals surface area contributed by atoms with Crippen LogP contribution in [-0.4, -0.2) is 18.2 Å². The van der Waals surface area contributed by atoms with Gasteiger partial charge in [0.2, 0.25) is 10.0 Å². The first-order valence-electron chi connectivity index (χ1n) is 5.15. The van der Waals surface area contributed by atoms with Crippen LogP contribution in [0.3, 0.4) is 0 Å². The molecule has 0 aliphatic heterocycles. The van der Waals surface area contributed by atoms with Gasteiger partial charge in [-0.2, -0.15) is 5.10 Å². The second-order valence-electron chi connectivity index (χ2n) is 3.93. The van der Waals surface area contributed by atoms with Gasteiger partial charge in [-0.1, -0.05) is 15.9 Å². The zero-order valence-corrected chi connectivity index (χ0v) is 12.3. The predicted molar refractivity (Wildman–Crippen MR) is 72.1 cm³/mol. The number of aryl methyl sites for hydroxylation is 1. The average Bonchev–Trinajstić information content (AvgIpc) is 2.54. The van der Waals surface area contributed by atoms with E-state index < -0.39 is 10.0 Å². The number of sulfonamides is 1. The van der Waals surface area contributed by atoms with Crippen molar-refractivity contribution in [1.29, 1.82) is 0 Å². The largest absolute Gasteiger partial charge is 0.241 e. The van der Waals surface area contributed by atoms with E-state index in [1.54, 1.807) is 18.5 Å². The molecule has 0 atom stereocenters. The number of rotatable bonds is 2. The van der Waals surface area contributed by atoms with Crippen LogP contribution in [0, 0.1) is 13.8 Å². The highest BCUT2D eigenvalue weighted by atomic mass is 79.9. The SMILES string of the molecule is Cc1nn(-c2ccc(Br)cc2)c(C)c1S(N)(=O)=O. The molecule has 1 aromatic carbocycles. The number of aromatic nitrogens is 2. The van der Waals surface area contributed by atoms with Crippen molar-refractivity contribution in [2.75, 3.05) is 0 Å². The summed E-state index contributed by atoms with van der Waals surface area (Å²) in [7, 11) is -3.75. The molecule has 1 heterocycles. The van der Waals surface area contributed by atoms with E-state index in [1.165, 1.54) is 0 Å². The molecule has 18 heavy (non-hydrogen) atoms. The number of halogens is 1. The highest BCUT2D eigenvalue weighted by Crippen LogP contribution is 2.22. The molecular formula is C11H12BrN3O2S. The molecule has 0 fully saturated rings. The Hall–Kier alpha value is -1.18. The van der Waals surface area contributed by atoms with E-state index in [0.29, 0.717) is 11.4 Å². The highest BCUT2D eigenvalue weighted by Gasteiger charge is 2.21. The topological polar surface area (TPSA) is 78.0 Å². The third kappa shape index (κ3) is 2.33. The van der Waals surface area contributed by atoms with Gasteiger partial charge in [-0.3, -0.25) is 0 Å². The molecule has 1 aromatic heterocycles. The first-order chi connectivity index (χ1) is 8.30. The molecule has 2 aromatic rings. The van der Waals surface area contributed by atoms with E-state index in [0.717, 1.165) is 10.2 Å². The fraction of sp³-hybridized carbons (Fsp3) is 0.182. The molecule has 0 bridgehead atoms. The van der Waals surface area contributed by atoms with Gasteiger partial charge >= 0.3 is 0 Å². The summed E-state index contributed by atoms with van der Waals surface area (Å²) >= 11 is 3.34. The monoisotopic (exact) mass is 329 g/mol. The van der Waals surface area contributed by atoms with Crippen molar-refractivity contribution in [3.8, 4) is 5.69 Å². The molecule has 0 unspecified atom stereocenters. The van der Waals surface area contributed by atoms with Gasteiger partial charge in [-0.25, -0.2) is 18.2 Å². The Morgan fingerprint density at radius 2 is 1.78 bits per heavy atom. The van der Waals surface area contributed by atoms with E-state index in [9.17, 15) is 8.42 Å². The van der Waals surface area contributed by atoms with Crippen LogP contribution in [0.25, 0.3) is 5.69 Å². The molecule has 0 saturated heterocycles. The van der Waals surface area contributed by atoms with Crippen LogP contribution in [0.1, 0.15) is 11.4 Å². The van der Waals surface area contributed by atoms with Crippen LogP contribution in [-0.2, 0) is 10.0 Å². The predicted octanol–water partition coefficient (Wildman–Crippen LogP) is 1.90. The minimum atomic E-state index is -3.75. The second kappa shape index (κ2) is 4.49. The Morgan fingerprint density at radius 3 is 2.22 bits per heavy atom. The quantitative estimate of drug-likeness (QED) is 0.913. The summed E-state index contributed by atoms with van der Waals surface area (Å²) in [6, 6.07) is 7.41. The first-order valence-corrected chi connectivity index (χ1v) is 7.49. The number of hydrogen-bond acceptors (Lipinski definition) is 3. The summed E-state index contributed by atoms with van der Waals surface area (Å²) in [6.45, 7) is 3.31. The van der Waals surface area contributed by atoms with Crippen molar-refractivity contribution in [3.05, 3.63) is 40.1 Å². The number of primary sulfonamides is 1. The minimum Gasteiger partial charge on any atom is -0.236 e. The molecule has 96 valence electrons. The Bertz CT molecular complexity index is 690. The number of nitrogens with two attached hydrogens (primary N) is 1. The van der Waals surface area contributed by atoms with Crippen LogP contribution in [0.2, 0.25) is 0 Å². The van der Waals surface area contributed by atoms with E-state index in [2.05, 4.69) is 21.0 Å². The van der Waals surface area contributed by atoms with Gasteiger partial charge in [0.1, 0.15) is 4.90 Å². The van der Waals surface area contributed by atoms with Gasteiger partial charge in [0.15, 0.2) is 0 Å². The van der Waals surface area contributed by atoms with Crippen molar-refractivity contribution in [2.45, 2.75) is 18.7 Å². The maximum absolute atomic E-state index is 11.5. The highest BCUT2D eigenvalue weighted by molar-refractivity contribution is 9.10. The van der Waals surface area contributed by atoms with Gasteiger partial charge in [-0.05, 0) is 38.1 Å². The second-order valence-corrected chi connectivity index (χ2v) is 6.35. The molecule has 2 N–H and O–H groups in total. The van der Waals surface area contributed by atoms with Crippen molar-refractivity contribution in [3.63, 3.8) is 0 Å². The first kappa shape index (κ1) is 13.3. The molecule has 0 aliphatic rings. The lowest BCUT2D eigenvalue weighted by Crippen LogP contribution is -2.14. The Balaban J connectivity index is 2.65. The fourth-order valence-electron chi connectivity index (χ4n) is 1.87. The fourth-order valence-corrected chi connectivity index (χ4v) is 3.09. The van der Waals surface area contributed by atoms with Crippen molar-refractivity contribution < 1.29 is 8.42 Å². The Morgan fingerprint density at radius 1 is 1.22 bits per heavy atom. The van der Waals surface area contributed by atoms with Crippen LogP contribution in [0.5, 0.6) is 0 Å². The third-order valence-corrected chi connectivity index (χ3v) is 4.27. The smallest absolute Gasteiger partial charge is 0.236 e. The maximum Gasteiger partial charge on any atom is 0.241 e. The van der Waals surface area contributed by atoms with Gasteiger partial charge < -0.3 is 0 Å². The van der Waals surface area contributed by atoms with Gasteiger partial charge in [-0.15, -0.1) is 0 Å². The molecule has 0 aliphatic carbocycles. The molecule has 0 amide bonds. The van der Waals surface area contributed by atoms with Crippen molar-refractivity contribution in [2.24, 2.45) is 5.14 Å². The standard InChI is InChI=1S/C11H12BrN3O2S/c1-7-11(18(13,16)17)8(2)15(14-7)10-5-3-9(12)4-6-10/h3-6H,1-2H3,(H2,13,16,17). The van der Waals surface area contributed by atoms with E-state index in [1.807, 2.05) is 24.3 Å². The van der Waals surface area contributed by atoms with Crippen LogP contribution >= 0.6 is 15.9 Å². The summed E-state index contributed by atoms with van der Waals surface area (Å²) < 4.78 is 25.5. The summed E-state index contributed by atoms with van der Waals surface area (Å²) in [5.74, 6) is 0. The minimum absolute atomic E-state index is 0.0884. The molecular weight excluding hydrogens is 318 g/mol. The summed E-state index contributed by atoms with van der Waals surface area (Å²) in [6.07, 6.45) is 0. The molecule has 5 nitrogen and oxygen atoms in total. The molecule has 0 spiro atoms. The number of nitrogens with zero attached hydrogens (tertiary/aromatic N) is 2. The average molecular weight is 330 g/mol. The van der Waals surface area contributed by atoms with Crippen molar-refractivity contribution >= 4 is 26.0 Å². The van der Waals surface area contributed by atoms with Crippen LogP contribution in [0.4, 0.5) is 0 Å². The van der Waals surface area contributed by atoms with Gasteiger partial charge in [0.25, 0.3) is 0 Å². The summed E-state index contributed by atoms with van der Waals surface area (Å²) in [5.41, 5.74) is 1.70.